The van der Waals surface area contributed by atoms with Crippen molar-refractivity contribution in [3.63, 3.8) is 0 Å². The predicted octanol–water partition coefficient (Wildman–Crippen LogP) is 4.85. The van der Waals surface area contributed by atoms with Gasteiger partial charge in [0.15, 0.2) is 5.82 Å². The summed E-state index contributed by atoms with van der Waals surface area (Å²) in [5.74, 6) is 8.31. The van der Waals surface area contributed by atoms with Crippen molar-refractivity contribution in [3.05, 3.63) is 48.0 Å². The molecule has 0 aliphatic heterocycles. The van der Waals surface area contributed by atoms with Crippen molar-refractivity contribution < 1.29 is 4.39 Å². The lowest BCUT2D eigenvalue weighted by Gasteiger charge is -2.24. The molecule has 1 aromatic carbocycles. The van der Waals surface area contributed by atoms with Gasteiger partial charge in [-0.1, -0.05) is 25.2 Å². The van der Waals surface area contributed by atoms with Crippen LogP contribution in [0, 0.1) is 29.5 Å². The zero-order chi connectivity index (χ0) is 16.1. The van der Waals surface area contributed by atoms with Gasteiger partial charge in [0.25, 0.3) is 0 Å². The molecular formula is C20H21FN2. The lowest BCUT2D eigenvalue weighted by Crippen LogP contribution is -2.12. The van der Waals surface area contributed by atoms with Crippen LogP contribution in [0.2, 0.25) is 0 Å². The van der Waals surface area contributed by atoms with Gasteiger partial charge < -0.3 is 0 Å². The number of rotatable bonds is 2. The molecule has 0 N–H and O–H groups in total. The molecular weight excluding hydrogens is 287 g/mol. The normalized spacial score (nSPS) is 20.6. The van der Waals surface area contributed by atoms with Gasteiger partial charge in [-0.25, -0.2) is 14.4 Å². The molecule has 2 aromatic rings. The van der Waals surface area contributed by atoms with Crippen molar-refractivity contribution in [2.75, 3.05) is 0 Å². The van der Waals surface area contributed by atoms with Gasteiger partial charge in [-0.2, -0.15) is 0 Å². The van der Waals surface area contributed by atoms with Crippen LogP contribution in [0.25, 0.3) is 11.4 Å². The minimum Gasteiger partial charge on any atom is -0.235 e. The largest absolute Gasteiger partial charge is 0.235 e. The van der Waals surface area contributed by atoms with Crippen LogP contribution >= 0.6 is 0 Å². The molecule has 0 bridgehead atoms. The van der Waals surface area contributed by atoms with Gasteiger partial charge in [-0.05, 0) is 55.9 Å². The third kappa shape index (κ3) is 4.16. The Hall–Kier alpha value is -2.21. The molecule has 118 valence electrons. The van der Waals surface area contributed by atoms with Crippen LogP contribution in [0.5, 0.6) is 0 Å². The molecule has 1 aliphatic carbocycles. The van der Waals surface area contributed by atoms with E-state index in [2.05, 4.69) is 28.7 Å². The highest BCUT2D eigenvalue weighted by Crippen LogP contribution is 2.30. The van der Waals surface area contributed by atoms with Crippen molar-refractivity contribution in [2.45, 2.75) is 39.0 Å². The van der Waals surface area contributed by atoms with E-state index < -0.39 is 0 Å². The maximum absolute atomic E-state index is 12.9. The Kier molecular flexibility index (Phi) is 5.02. The Morgan fingerprint density at radius 1 is 1.04 bits per heavy atom. The second kappa shape index (κ2) is 7.37. The number of hydrogen-bond donors (Lipinski definition) is 0. The average Bonchev–Trinajstić information content (AvgIpc) is 2.61. The Morgan fingerprint density at radius 3 is 2.30 bits per heavy atom. The second-order valence-corrected chi connectivity index (χ2v) is 6.20. The molecule has 1 fully saturated rings. The fourth-order valence-electron chi connectivity index (χ4n) is 3.04. The molecule has 0 amide bonds. The van der Waals surface area contributed by atoms with E-state index in [0.29, 0.717) is 11.7 Å². The molecule has 23 heavy (non-hydrogen) atoms. The molecule has 0 spiro atoms. The summed E-state index contributed by atoms with van der Waals surface area (Å²) < 4.78 is 12.9. The maximum atomic E-state index is 12.9. The van der Waals surface area contributed by atoms with Gasteiger partial charge in [-0.15, -0.1) is 0 Å². The lowest BCUT2D eigenvalue weighted by atomic mass is 9.81. The SMILES string of the molecule is CCC1CCC(C#Cc2cnc(-c3ccc(F)cc3)nc2)CC1. The minimum absolute atomic E-state index is 0.256. The molecule has 1 aromatic heterocycles. The summed E-state index contributed by atoms with van der Waals surface area (Å²) >= 11 is 0. The van der Waals surface area contributed by atoms with Crippen LogP contribution in [0.1, 0.15) is 44.6 Å². The summed E-state index contributed by atoms with van der Waals surface area (Å²) in [6, 6.07) is 6.20. The zero-order valence-electron chi connectivity index (χ0n) is 13.4. The average molecular weight is 308 g/mol. The first kappa shape index (κ1) is 15.7. The van der Waals surface area contributed by atoms with E-state index in [-0.39, 0.29) is 5.82 Å². The van der Waals surface area contributed by atoms with E-state index in [1.165, 1.54) is 44.2 Å². The minimum atomic E-state index is -0.256. The molecule has 1 aliphatic rings. The predicted molar refractivity (Wildman–Crippen MR) is 90.0 cm³/mol. The lowest BCUT2D eigenvalue weighted by molar-refractivity contribution is 0.309. The first-order valence-corrected chi connectivity index (χ1v) is 8.34. The molecule has 2 nitrogen and oxygen atoms in total. The van der Waals surface area contributed by atoms with Crippen molar-refractivity contribution >= 4 is 0 Å². The highest BCUT2D eigenvalue weighted by Gasteiger charge is 2.18. The summed E-state index contributed by atoms with van der Waals surface area (Å²) in [5, 5.41) is 0. The van der Waals surface area contributed by atoms with Gasteiger partial charge in [0.1, 0.15) is 5.82 Å². The molecule has 1 heterocycles. The number of aromatic nitrogens is 2. The molecule has 3 rings (SSSR count). The van der Waals surface area contributed by atoms with Crippen LogP contribution in [0.3, 0.4) is 0 Å². The highest BCUT2D eigenvalue weighted by molar-refractivity contribution is 5.54. The Labute approximate surface area is 137 Å². The van der Waals surface area contributed by atoms with E-state index >= 15 is 0 Å². The maximum Gasteiger partial charge on any atom is 0.159 e. The third-order valence-corrected chi connectivity index (χ3v) is 4.60. The fraction of sp³-hybridized carbons (Fsp3) is 0.400. The molecule has 3 heteroatoms. The summed E-state index contributed by atoms with van der Waals surface area (Å²) in [6.07, 6.45) is 9.80. The van der Waals surface area contributed by atoms with E-state index in [1.54, 1.807) is 24.5 Å². The Balaban J connectivity index is 1.64. The van der Waals surface area contributed by atoms with Crippen LogP contribution in [0.15, 0.2) is 36.7 Å². The Bertz CT molecular complexity index is 687. The van der Waals surface area contributed by atoms with E-state index in [9.17, 15) is 4.39 Å². The standard InChI is InChI=1S/C20H21FN2/c1-2-15-3-5-16(6-4-15)7-8-17-13-22-20(23-14-17)18-9-11-19(21)12-10-18/h9-16H,2-6H2,1H3. The van der Waals surface area contributed by atoms with Gasteiger partial charge in [0.05, 0.1) is 5.56 Å². The van der Waals surface area contributed by atoms with E-state index in [4.69, 9.17) is 0 Å². The monoisotopic (exact) mass is 308 g/mol. The van der Waals surface area contributed by atoms with Gasteiger partial charge >= 0.3 is 0 Å². The first-order valence-electron chi connectivity index (χ1n) is 8.34. The molecule has 0 atom stereocenters. The number of hydrogen-bond acceptors (Lipinski definition) is 2. The highest BCUT2D eigenvalue weighted by atomic mass is 19.1. The van der Waals surface area contributed by atoms with Gasteiger partial charge in [-0.3, -0.25) is 0 Å². The number of halogens is 1. The van der Waals surface area contributed by atoms with E-state index in [1.807, 2.05) is 0 Å². The van der Waals surface area contributed by atoms with Crippen LogP contribution in [0.4, 0.5) is 4.39 Å². The van der Waals surface area contributed by atoms with Crippen molar-refractivity contribution in [1.82, 2.24) is 9.97 Å². The molecule has 0 radical (unpaired) electrons. The van der Waals surface area contributed by atoms with E-state index in [0.717, 1.165) is 17.0 Å². The summed E-state index contributed by atoms with van der Waals surface area (Å²) in [4.78, 5) is 8.66. The van der Waals surface area contributed by atoms with Crippen molar-refractivity contribution in [3.8, 4) is 23.2 Å². The second-order valence-electron chi connectivity index (χ2n) is 6.20. The summed E-state index contributed by atoms with van der Waals surface area (Å²) in [5.41, 5.74) is 1.65. The van der Waals surface area contributed by atoms with Crippen molar-refractivity contribution in [1.29, 1.82) is 0 Å². The van der Waals surface area contributed by atoms with Crippen LogP contribution in [-0.4, -0.2) is 9.97 Å². The Morgan fingerprint density at radius 2 is 1.70 bits per heavy atom. The third-order valence-electron chi connectivity index (χ3n) is 4.60. The van der Waals surface area contributed by atoms with Crippen LogP contribution in [-0.2, 0) is 0 Å². The van der Waals surface area contributed by atoms with Crippen LogP contribution < -0.4 is 0 Å². The summed E-state index contributed by atoms with van der Waals surface area (Å²) in [7, 11) is 0. The summed E-state index contributed by atoms with van der Waals surface area (Å²) in [6.45, 7) is 2.27. The fourth-order valence-corrected chi connectivity index (χ4v) is 3.04. The quantitative estimate of drug-likeness (QED) is 0.741. The number of benzene rings is 1. The topological polar surface area (TPSA) is 25.8 Å². The molecule has 1 saturated carbocycles. The van der Waals surface area contributed by atoms with Gasteiger partial charge in [0, 0.05) is 23.9 Å². The van der Waals surface area contributed by atoms with Gasteiger partial charge in [0.2, 0.25) is 0 Å². The smallest absolute Gasteiger partial charge is 0.159 e. The first-order chi connectivity index (χ1) is 11.2. The molecule has 0 unspecified atom stereocenters. The number of nitrogens with zero attached hydrogens (tertiary/aromatic N) is 2. The zero-order valence-corrected chi connectivity index (χ0v) is 13.4. The van der Waals surface area contributed by atoms with Crippen molar-refractivity contribution in [2.24, 2.45) is 11.8 Å². The molecule has 0 saturated heterocycles.